The van der Waals surface area contributed by atoms with Crippen LogP contribution in [0, 0.1) is 6.92 Å². The maximum absolute atomic E-state index is 13.3. The van der Waals surface area contributed by atoms with Crippen molar-refractivity contribution in [1.82, 2.24) is 14.7 Å². The highest BCUT2D eigenvalue weighted by molar-refractivity contribution is 8.26. The zero-order chi connectivity index (χ0) is 25.1. The van der Waals surface area contributed by atoms with Gasteiger partial charge in [0.05, 0.1) is 23.2 Å². The standard InChI is InChI=1S/C28H27N3O3S2/c1-3-13-33-22-11-12-24(19(2)15-22)26-20(17-31(29-26)21-8-5-4-6-9-21)16-25-27(32)30(28(35)36-25)18-23-10-7-14-34-23/h3-6,8-9,11-12,15-17,23H,1,7,10,13-14,18H2,2H3/b25-16-/t23-/m0/s1. The van der Waals surface area contributed by atoms with Crippen LogP contribution in [0.5, 0.6) is 5.75 Å². The van der Waals surface area contributed by atoms with Crippen LogP contribution in [0.1, 0.15) is 24.0 Å². The highest BCUT2D eigenvalue weighted by Crippen LogP contribution is 2.36. The van der Waals surface area contributed by atoms with Gasteiger partial charge in [0.25, 0.3) is 5.91 Å². The largest absolute Gasteiger partial charge is 0.490 e. The van der Waals surface area contributed by atoms with E-state index in [0.717, 1.165) is 53.3 Å². The summed E-state index contributed by atoms with van der Waals surface area (Å²) in [5.74, 6) is 0.694. The highest BCUT2D eigenvalue weighted by Gasteiger charge is 2.35. The lowest BCUT2D eigenvalue weighted by molar-refractivity contribution is -0.123. The molecule has 8 heteroatoms. The molecule has 5 rings (SSSR count). The molecular weight excluding hydrogens is 490 g/mol. The minimum absolute atomic E-state index is 0.0488. The van der Waals surface area contributed by atoms with E-state index in [9.17, 15) is 4.79 Å². The summed E-state index contributed by atoms with van der Waals surface area (Å²) in [5, 5.41) is 4.92. The van der Waals surface area contributed by atoms with E-state index in [-0.39, 0.29) is 12.0 Å². The molecule has 1 aromatic heterocycles. The number of benzene rings is 2. The Morgan fingerprint density at radius 3 is 2.83 bits per heavy atom. The predicted molar refractivity (Wildman–Crippen MR) is 148 cm³/mol. The molecule has 184 valence electrons. The number of para-hydroxylation sites is 1. The van der Waals surface area contributed by atoms with Crippen LogP contribution in [0.3, 0.4) is 0 Å². The number of carbonyl (C=O) groups is 1. The van der Waals surface area contributed by atoms with Crippen molar-refractivity contribution in [2.75, 3.05) is 19.8 Å². The molecule has 0 spiro atoms. The SMILES string of the molecule is C=CCOc1ccc(-c2nn(-c3ccccc3)cc2/C=C2\SC(=S)N(C[C@@H]3CCCO3)C2=O)c(C)c1. The normalized spacial score (nSPS) is 18.9. The molecule has 1 amide bonds. The predicted octanol–water partition coefficient (Wildman–Crippen LogP) is 5.79. The molecular formula is C28H27N3O3S2. The molecule has 0 bridgehead atoms. The third-order valence-electron chi connectivity index (χ3n) is 6.15. The zero-order valence-electron chi connectivity index (χ0n) is 20.1. The first-order chi connectivity index (χ1) is 17.5. The molecule has 0 saturated carbocycles. The molecule has 0 N–H and O–H groups in total. The molecule has 6 nitrogen and oxygen atoms in total. The number of amides is 1. The van der Waals surface area contributed by atoms with Crippen molar-refractivity contribution in [2.45, 2.75) is 25.9 Å². The lowest BCUT2D eigenvalue weighted by Gasteiger charge is -2.18. The smallest absolute Gasteiger partial charge is 0.266 e. The second-order valence-electron chi connectivity index (χ2n) is 8.72. The molecule has 2 aliphatic rings. The van der Waals surface area contributed by atoms with E-state index in [4.69, 9.17) is 26.8 Å². The molecule has 2 saturated heterocycles. The van der Waals surface area contributed by atoms with Crippen LogP contribution in [-0.2, 0) is 9.53 Å². The average Bonchev–Trinajstić information content (AvgIpc) is 3.61. The Morgan fingerprint density at radius 2 is 2.11 bits per heavy atom. The average molecular weight is 518 g/mol. The summed E-state index contributed by atoms with van der Waals surface area (Å²) in [6.45, 7) is 7.43. The van der Waals surface area contributed by atoms with E-state index in [2.05, 4.69) is 6.58 Å². The van der Waals surface area contributed by atoms with Gasteiger partial charge in [-0.05, 0) is 61.7 Å². The number of hydrogen-bond donors (Lipinski definition) is 0. The Morgan fingerprint density at radius 1 is 1.28 bits per heavy atom. The molecule has 0 aliphatic carbocycles. The topological polar surface area (TPSA) is 56.6 Å². The number of thioether (sulfide) groups is 1. The molecule has 2 aliphatic heterocycles. The molecule has 3 aromatic rings. The van der Waals surface area contributed by atoms with Gasteiger partial charge in [0, 0.05) is 23.9 Å². The fraction of sp³-hybridized carbons (Fsp3) is 0.250. The summed E-state index contributed by atoms with van der Waals surface area (Å²) in [4.78, 5) is 15.5. The number of nitrogens with zero attached hydrogens (tertiary/aromatic N) is 3. The van der Waals surface area contributed by atoms with Gasteiger partial charge in [-0.3, -0.25) is 9.69 Å². The second kappa shape index (κ2) is 10.8. The number of thiocarbonyl (C=S) groups is 1. The van der Waals surface area contributed by atoms with Crippen molar-refractivity contribution in [3.63, 3.8) is 0 Å². The molecule has 0 unspecified atom stereocenters. The maximum atomic E-state index is 13.3. The van der Waals surface area contributed by atoms with Crippen molar-refractivity contribution in [3.8, 4) is 22.7 Å². The Labute approximate surface area is 220 Å². The van der Waals surface area contributed by atoms with Crippen molar-refractivity contribution in [1.29, 1.82) is 0 Å². The minimum Gasteiger partial charge on any atom is -0.490 e. The molecule has 2 aromatic carbocycles. The Kier molecular flexibility index (Phi) is 7.36. The summed E-state index contributed by atoms with van der Waals surface area (Å²) >= 11 is 6.88. The fourth-order valence-corrected chi connectivity index (χ4v) is 5.62. The van der Waals surface area contributed by atoms with Gasteiger partial charge in [0.15, 0.2) is 0 Å². The van der Waals surface area contributed by atoms with Gasteiger partial charge < -0.3 is 9.47 Å². The summed E-state index contributed by atoms with van der Waals surface area (Å²) in [6.07, 6.45) is 7.60. The van der Waals surface area contributed by atoms with Crippen LogP contribution in [-0.4, -0.2) is 50.8 Å². The van der Waals surface area contributed by atoms with Crippen LogP contribution in [0.25, 0.3) is 23.0 Å². The summed E-state index contributed by atoms with van der Waals surface area (Å²) in [6, 6.07) is 15.9. The lowest BCUT2D eigenvalue weighted by Crippen LogP contribution is -2.35. The fourth-order valence-electron chi connectivity index (χ4n) is 4.35. The van der Waals surface area contributed by atoms with Gasteiger partial charge in [-0.2, -0.15) is 5.10 Å². The van der Waals surface area contributed by atoms with E-state index < -0.39 is 0 Å². The summed E-state index contributed by atoms with van der Waals surface area (Å²) < 4.78 is 13.8. The van der Waals surface area contributed by atoms with Crippen LogP contribution < -0.4 is 4.74 Å². The number of rotatable bonds is 8. The quantitative estimate of drug-likeness (QED) is 0.214. The first kappa shape index (κ1) is 24.5. The minimum atomic E-state index is -0.0798. The van der Waals surface area contributed by atoms with Gasteiger partial charge in [0.2, 0.25) is 0 Å². The van der Waals surface area contributed by atoms with E-state index in [1.807, 2.05) is 72.4 Å². The number of hydrogen-bond acceptors (Lipinski definition) is 6. The zero-order valence-corrected chi connectivity index (χ0v) is 21.7. The number of aryl methyl sites for hydroxylation is 1. The first-order valence-corrected chi connectivity index (χ1v) is 13.1. The van der Waals surface area contributed by atoms with Crippen molar-refractivity contribution >= 4 is 40.3 Å². The van der Waals surface area contributed by atoms with Crippen molar-refractivity contribution < 1.29 is 14.3 Å². The first-order valence-electron chi connectivity index (χ1n) is 11.9. The number of aromatic nitrogens is 2. The third kappa shape index (κ3) is 5.16. The Balaban J connectivity index is 1.51. The number of carbonyl (C=O) groups excluding carboxylic acids is 1. The third-order valence-corrected chi connectivity index (χ3v) is 7.53. The van der Waals surface area contributed by atoms with Crippen LogP contribution in [0.15, 0.2) is 72.3 Å². The second-order valence-corrected chi connectivity index (χ2v) is 10.4. The maximum Gasteiger partial charge on any atom is 0.266 e. The molecule has 3 heterocycles. The van der Waals surface area contributed by atoms with Gasteiger partial charge in [0.1, 0.15) is 22.4 Å². The van der Waals surface area contributed by atoms with Gasteiger partial charge in [-0.1, -0.05) is 54.8 Å². The monoisotopic (exact) mass is 517 g/mol. The van der Waals surface area contributed by atoms with Crippen molar-refractivity contribution in [3.05, 3.63) is 83.4 Å². The van der Waals surface area contributed by atoms with Gasteiger partial charge in [-0.15, -0.1) is 0 Å². The van der Waals surface area contributed by atoms with E-state index >= 15 is 0 Å². The summed E-state index contributed by atoms with van der Waals surface area (Å²) in [5.41, 5.74) is 4.57. The van der Waals surface area contributed by atoms with Gasteiger partial charge >= 0.3 is 0 Å². The van der Waals surface area contributed by atoms with E-state index in [1.54, 1.807) is 11.0 Å². The molecule has 2 fully saturated rings. The van der Waals surface area contributed by atoms with E-state index in [1.165, 1.54) is 11.8 Å². The lowest BCUT2D eigenvalue weighted by atomic mass is 10.0. The van der Waals surface area contributed by atoms with Crippen LogP contribution in [0.4, 0.5) is 0 Å². The highest BCUT2D eigenvalue weighted by atomic mass is 32.2. The Bertz CT molecular complexity index is 1330. The van der Waals surface area contributed by atoms with Crippen molar-refractivity contribution in [2.24, 2.45) is 0 Å². The van der Waals surface area contributed by atoms with Gasteiger partial charge in [-0.25, -0.2) is 4.68 Å². The molecule has 1 atom stereocenters. The number of ether oxygens (including phenoxy) is 2. The molecule has 0 radical (unpaired) electrons. The molecule has 36 heavy (non-hydrogen) atoms. The van der Waals surface area contributed by atoms with Crippen LogP contribution in [0.2, 0.25) is 0 Å². The summed E-state index contributed by atoms with van der Waals surface area (Å²) in [7, 11) is 0. The Hall–Kier alpha value is -3.20. The van der Waals surface area contributed by atoms with Crippen LogP contribution >= 0.6 is 24.0 Å². The van der Waals surface area contributed by atoms with E-state index in [0.29, 0.717) is 22.4 Å².